The summed E-state index contributed by atoms with van der Waals surface area (Å²) >= 11 is 1.51. The molecule has 0 aliphatic carbocycles. The molecule has 2 aromatic heterocycles. The number of hydrogen-bond acceptors (Lipinski definition) is 5. The third kappa shape index (κ3) is 3.80. The van der Waals surface area contributed by atoms with Gasteiger partial charge in [0.05, 0.1) is 23.1 Å². The maximum atomic E-state index is 13.2. The SMILES string of the molecule is Cc1c(-c2ccccc2)sc2ncn(CC(=O)Nc3ccccc3N3CCCC3)c(=O)c12. The number of para-hydroxylation sites is 2. The molecule has 7 heteroatoms. The molecule has 32 heavy (non-hydrogen) atoms. The highest BCUT2D eigenvalue weighted by atomic mass is 32.1. The lowest BCUT2D eigenvalue weighted by atomic mass is 10.1. The molecule has 1 aliphatic heterocycles. The quantitative estimate of drug-likeness (QED) is 0.486. The molecule has 1 saturated heterocycles. The smallest absolute Gasteiger partial charge is 0.262 e. The average molecular weight is 445 g/mol. The number of hydrogen-bond donors (Lipinski definition) is 1. The van der Waals surface area contributed by atoms with Crippen LogP contribution in [0.5, 0.6) is 0 Å². The zero-order valence-corrected chi connectivity index (χ0v) is 18.7. The van der Waals surface area contributed by atoms with Gasteiger partial charge in [0.1, 0.15) is 11.4 Å². The molecule has 4 aromatic rings. The normalized spacial score (nSPS) is 13.6. The third-order valence-electron chi connectivity index (χ3n) is 5.89. The summed E-state index contributed by atoms with van der Waals surface area (Å²) in [5, 5.41) is 3.58. The van der Waals surface area contributed by atoms with Gasteiger partial charge < -0.3 is 10.2 Å². The predicted molar refractivity (Wildman–Crippen MR) is 131 cm³/mol. The number of nitrogens with zero attached hydrogens (tertiary/aromatic N) is 3. The predicted octanol–water partition coefficient (Wildman–Crippen LogP) is 4.67. The van der Waals surface area contributed by atoms with Crippen LogP contribution in [0, 0.1) is 6.92 Å². The summed E-state index contributed by atoms with van der Waals surface area (Å²) in [6.45, 7) is 3.86. The van der Waals surface area contributed by atoms with E-state index in [4.69, 9.17) is 0 Å². The molecule has 162 valence electrons. The van der Waals surface area contributed by atoms with Gasteiger partial charge in [-0.2, -0.15) is 0 Å². The number of benzene rings is 2. The monoisotopic (exact) mass is 444 g/mol. The van der Waals surface area contributed by atoms with Crippen LogP contribution in [0.15, 0.2) is 65.7 Å². The standard InChI is InChI=1S/C25H24N4O2S/c1-17-22-24(32-23(17)18-9-3-2-4-10-18)26-16-29(25(22)31)15-21(30)27-19-11-5-6-12-20(19)28-13-7-8-14-28/h2-6,9-12,16H,7-8,13-15H2,1H3,(H,27,30). The average Bonchev–Trinajstić information content (AvgIpc) is 3.45. The third-order valence-corrected chi connectivity index (χ3v) is 7.14. The summed E-state index contributed by atoms with van der Waals surface area (Å²) in [6, 6.07) is 17.8. The highest BCUT2D eigenvalue weighted by molar-refractivity contribution is 7.22. The van der Waals surface area contributed by atoms with Crippen molar-refractivity contribution in [2.24, 2.45) is 0 Å². The molecule has 0 spiro atoms. The number of anilines is 2. The van der Waals surface area contributed by atoms with E-state index in [9.17, 15) is 9.59 Å². The van der Waals surface area contributed by atoms with E-state index in [2.05, 4.69) is 15.2 Å². The number of thiophene rings is 1. The molecule has 3 heterocycles. The first-order chi connectivity index (χ1) is 15.6. The first kappa shape index (κ1) is 20.5. The number of fused-ring (bicyclic) bond motifs is 1. The van der Waals surface area contributed by atoms with E-state index in [1.54, 1.807) is 0 Å². The van der Waals surface area contributed by atoms with Crippen LogP contribution in [0.4, 0.5) is 11.4 Å². The van der Waals surface area contributed by atoms with Crippen molar-refractivity contribution >= 4 is 38.8 Å². The van der Waals surface area contributed by atoms with Gasteiger partial charge in [0.15, 0.2) is 0 Å². The van der Waals surface area contributed by atoms with Crippen LogP contribution >= 0.6 is 11.3 Å². The Balaban J connectivity index is 1.41. The largest absolute Gasteiger partial charge is 0.370 e. The van der Waals surface area contributed by atoms with Crippen LogP contribution in [0.3, 0.4) is 0 Å². The maximum absolute atomic E-state index is 13.2. The summed E-state index contributed by atoms with van der Waals surface area (Å²) in [5.74, 6) is -0.240. The van der Waals surface area contributed by atoms with Gasteiger partial charge in [-0.15, -0.1) is 11.3 Å². The number of aryl methyl sites for hydroxylation is 1. The fraction of sp³-hybridized carbons (Fsp3) is 0.240. The maximum Gasteiger partial charge on any atom is 0.262 e. The van der Waals surface area contributed by atoms with Crippen LogP contribution in [-0.4, -0.2) is 28.5 Å². The zero-order valence-electron chi connectivity index (χ0n) is 17.9. The van der Waals surface area contributed by atoms with Gasteiger partial charge in [-0.25, -0.2) is 4.98 Å². The summed E-state index contributed by atoms with van der Waals surface area (Å²) in [5.41, 5.74) is 3.59. The molecule has 0 unspecified atom stereocenters. The van der Waals surface area contributed by atoms with Gasteiger partial charge in [-0.05, 0) is 43.0 Å². The van der Waals surface area contributed by atoms with Crippen molar-refractivity contribution in [3.8, 4) is 10.4 Å². The summed E-state index contributed by atoms with van der Waals surface area (Å²) < 4.78 is 1.39. The van der Waals surface area contributed by atoms with E-state index in [1.807, 2.05) is 61.5 Å². The second-order valence-corrected chi connectivity index (χ2v) is 9.04. The van der Waals surface area contributed by atoms with Crippen molar-refractivity contribution in [2.45, 2.75) is 26.3 Å². The van der Waals surface area contributed by atoms with Gasteiger partial charge in [0, 0.05) is 18.0 Å². The highest BCUT2D eigenvalue weighted by Crippen LogP contribution is 2.35. The Kier molecular flexibility index (Phi) is 5.49. The molecule has 0 radical (unpaired) electrons. The second kappa shape index (κ2) is 8.59. The molecule has 6 nitrogen and oxygen atoms in total. The van der Waals surface area contributed by atoms with Crippen molar-refractivity contribution < 1.29 is 4.79 Å². The number of carbonyl (C=O) groups is 1. The number of nitrogens with one attached hydrogen (secondary N) is 1. The van der Waals surface area contributed by atoms with Gasteiger partial charge in [-0.3, -0.25) is 14.2 Å². The molecule has 5 rings (SSSR count). The lowest BCUT2D eigenvalue weighted by molar-refractivity contribution is -0.116. The molecule has 1 amide bonds. The molecule has 0 saturated carbocycles. The van der Waals surface area contributed by atoms with E-state index in [0.29, 0.717) is 10.2 Å². The minimum absolute atomic E-state index is 0.0773. The minimum atomic E-state index is -0.240. The van der Waals surface area contributed by atoms with E-state index in [0.717, 1.165) is 53.3 Å². The van der Waals surface area contributed by atoms with Crippen LogP contribution < -0.4 is 15.8 Å². The highest BCUT2D eigenvalue weighted by Gasteiger charge is 2.19. The lowest BCUT2D eigenvalue weighted by Crippen LogP contribution is -2.28. The Bertz CT molecular complexity index is 1340. The molecule has 1 fully saturated rings. The van der Waals surface area contributed by atoms with Crippen LogP contribution in [0.1, 0.15) is 18.4 Å². The Labute approximate surface area is 190 Å². The molecule has 1 aliphatic rings. The van der Waals surface area contributed by atoms with Crippen LogP contribution in [0.2, 0.25) is 0 Å². The van der Waals surface area contributed by atoms with Crippen molar-refractivity contribution in [3.63, 3.8) is 0 Å². The first-order valence-corrected chi connectivity index (χ1v) is 11.6. The van der Waals surface area contributed by atoms with Gasteiger partial charge in [-0.1, -0.05) is 42.5 Å². The van der Waals surface area contributed by atoms with Gasteiger partial charge >= 0.3 is 0 Å². The summed E-state index contributed by atoms with van der Waals surface area (Å²) in [6.07, 6.45) is 3.80. The van der Waals surface area contributed by atoms with E-state index < -0.39 is 0 Å². The zero-order chi connectivity index (χ0) is 22.1. The van der Waals surface area contributed by atoms with Crippen molar-refractivity contribution in [1.82, 2.24) is 9.55 Å². The Hall–Kier alpha value is -3.45. The number of amides is 1. The van der Waals surface area contributed by atoms with Crippen molar-refractivity contribution in [1.29, 1.82) is 0 Å². The second-order valence-electron chi connectivity index (χ2n) is 8.04. The molecule has 0 atom stereocenters. The Morgan fingerprint density at radius 2 is 1.78 bits per heavy atom. The molecule has 2 aromatic carbocycles. The minimum Gasteiger partial charge on any atom is -0.370 e. The van der Waals surface area contributed by atoms with E-state index in [1.165, 1.54) is 22.2 Å². The Morgan fingerprint density at radius 3 is 2.56 bits per heavy atom. The van der Waals surface area contributed by atoms with E-state index in [-0.39, 0.29) is 18.0 Å². The van der Waals surface area contributed by atoms with Crippen LogP contribution in [0.25, 0.3) is 20.7 Å². The van der Waals surface area contributed by atoms with Gasteiger partial charge in [0.2, 0.25) is 5.91 Å². The fourth-order valence-corrected chi connectivity index (χ4v) is 5.44. The van der Waals surface area contributed by atoms with Crippen LogP contribution in [-0.2, 0) is 11.3 Å². The Morgan fingerprint density at radius 1 is 1.06 bits per heavy atom. The number of rotatable bonds is 5. The summed E-state index contributed by atoms with van der Waals surface area (Å²) in [7, 11) is 0. The van der Waals surface area contributed by atoms with E-state index >= 15 is 0 Å². The molecular formula is C25H24N4O2S. The van der Waals surface area contributed by atoms with Gasteiger partial charge in [0.25, 0.3) is 5.56 Å². The first-order valence-electron chi connectivity index (χ1n) is 10.8. The number of carbonyl (C=O) groups excluding carboxylic acids is 1. The number of aromatic nitrogens is 2. The molecule has 1 N–H and O–H groups in total. The van der Waals surface area contributed by atoms with Crippen molar-refractivity contribution in [3.05, 3.63) is 76.8 Å². The molecular weight excluding hydrogens is 420 g/mol. The van der Waals surface area contributed by atoms with Crippen molar-refractivity contribution in [2.75, 3.05) is 23.3 Å². The molecule has 0 bridgehead atoms. The topological polar surface area (TPSA) is 67.2 Å². The summed E-state index contributed by atoms with van der Waals surface area (Å²) in [4.78, 5) is 34.5. The lowest BCUT2D eigenvalue weighted by Gasteiger charge is -2.21. The fourth-order valence-electron chi connectivity index (χ4n) is 4.29.